The zero-order valence-corrected chi connectivity index (χ0v) is 11.5. The molecule has 1 aromatic rings. The molecular formula is C11H18FN3O2S. The molecule has 1 N–H and O–H groups in total. The molecule has 0 bridgehead atoms. The lowest BCUT2D eigenvalue weighted by atomic mass is 10.2. The van der Waals surface area contributed by atoms with Crippen LogP contribution in [0.1, 0.15) is 13.3 Å². The molecule has 0 amide bonds. The monoisotopic (exact) mass is 275 g/mol. The van der Waals surface area contributed by atoms with Crippen LogP contribution < -0.4 is 4.72 Å². The van der Waals surface area contributed by atoms with Crippen molar-refractivity contribution >= 4 is 10.0 Å². The van der Waals surface area contributed by atoms with E-state index < -0.39 is 20.9 Å². The first kappa shape index (κ1) is 15.0. The lowest BCUT2D eigenvalue weighted by Gasteiger charge is -2.16. The molecule has 0 aromatic carbocycles. The van der Waals surface area contributed by atoms with E-state index in [-0.39, 0.29) is 6.04 Å². The first-order valence-electron chi connectivity index (χ1n) is 5.60. The van der Waals surface area contributed by atoms with Gasteiger partial charge in [0, 0.05) is 12.2 Å². The molecule has 0 saturated heterocycles. The van der Waals surface area contributed by atoms with Crippen LogP contribution in [0.25, 0.3) is 0 Å². The van der Waals surface area contributed by atoms with Crippen molar-refractivity contribution in [2.45, 2.75) is 24.4 Å². The Morgan fingerprint density at radius 2 is 2.17 bits per heavy atom. The molecule has 1 aromatic heterocycles. The molecule has 1 atom stereocenters. The van der Waals surface area contributed by atoms with Gasteiger partial charge in [-0.3, -0.25) is 0 Å². The molecule has 7 heteroatoms. The summed E-state index contributed by atoms with van der Waals surface area (Å²) >= 11 is 0. The SMILES string of the molecule is CC(CCN(C)C)NS(=O)(=O)c1ncccc1F. The fourth-order valence-corrected chi connectivity index (χ4v) is 2.68. The van der Waals surface area contributed by atoms with Crippen LogP contribution in [-0.4, -0.2) is 45.0 Å². The average Bonchev–Trinajstić information content (AvgIpc) is 2.26. The Bertz CT molecular complexity index is 491. The summed E-state index contributed by atoms with van der Waals surface area (Å²) in [6.45, 7) is 2.48. The highest BCUT2D eigenvalue weighted by molar-refractivity contribution is 7.89. The van der Waals surface area contributed by atoms with Gasteiger partial charge in [0.2, 0.25) is 5.03 Å². The minimum atomic E-state index is -3.89. The van der Waals surface area contributed by atoms with E-state index in [1.165, 1.54) is 12.3 Å². The Morgan fingerprint density at radius 1 is 1.50 bits per heavy atom. The van der Waals surface area contributed by atoms with Crippen LogP contribution in [0.3, 0.4) is 0 Å². The second kappa shape index (κ2) is 6.21. The third-order valence-electron chi connectivity index (χ3n) is 2.34. The van der Waals surface area contributed by atoms with Gasteiger partial charge in [-0.15, -0.1) is 0 Å². The average molecular weight is 275 g/mol. The molecule has 0 aliphatic heterocycles. The second-order valence-corrected chi connectivity index (χ2v) is 6.03. The van der Waals surface area contributed by atoms with Gasteiger partial charge in [-0.2, -0.15) is 0 Å². The Labute approximate surface area is 107 Å². The van der Waals surface area contributed by atoms with E-state index in [9.17, 15) is 12.8 Å². The maximum atomic E-state index is 13.4. The number of aromatic nitrogens is 1. The smallest absolute Gasteiger partial charge is 0.261 e. The van der Waals surface area contributed by atoms with Crippen molar-refractivity contribution in [1.82, 2.24) is 14.6 Å². The standard InChI is InChI=1S/C11H18FN3O2S/c1-9(6-8-15(2)3)14-18(16,17)11-10(12)5-4-7-13-11/h4-5,7,9,14H,6,8H2,1-3H3. The molecule has 1 rings (SSSR count). The van der Waals surface area contributed by atoms with Crippen molar-refractivity contribution in [2.75, 3.05) is 20.6 Å². The lowest BCUT2D eigenvalue weighted by molar-refractivity contribution is 0.378. The van der Waals surface area contributed by atoms with Gasteiger partial charge in [0.25, 0.3) is 10.0 Å². The van der Waals surface area contributed by atoms with Crippen LogP contribution in [-0.2, 0) is 10.0 Å². The first-order valence-corrected chi connectivity index (χ1v) is 7.09. The number of nitrogens with one attached hydrogen (secondary N) is 1. The molecule has 1 unspecified atom stereocenters. The van der Waals surface area contributed by atoms with Crippen LogP contribution in [0.5, 0.6) is 0 Å². The van der Waals surface area contributed by atoms with Gasteiger partial charge in [-0.05, 0) is 46.1 Å². The van der Waals surface area contributed by atoms with Gasteiger partial charge in [-0.25, -0.2) is 22.5 Å². The molecule has 0 radical (unpaired) electrons. The first-order chi connectivity index (χ1) is 8.33. The number of hydrogen-bond acceptors (Lipinski definition) is 4. The topological polar surface area (TPSA) is 62.3 Å². The van der Waals surface area contributed by atoms with Gasteiger partial charge < -0.3 is 4.90 Å². The van der Waals surface area contributed by atoms with E-state index in [4.69, 9.17) is 0 Å². The van der Waals surface area contributed by atoms with Crippen LogP contribution in [0.4, 0.5) is 4.39 Å². The summed E-state index contributed by atoms with van der Waals surface area (Å²) in [6.07, 6.45) is 1.89. The summed E-state index contributed by atoms with van der Waals surface area (Å²) in [7, 11) is -0.0879. The van der Waals surface area contributed by atoms with Crippen molar-refractivity contribution in [3.05, 3.63) is 24.1 Å². The molecule has 0 aliphatic carbocycles. The van der Waals surface area contributed by atoms with E-state index in [1.807, 2.05) is 19.0 Å². The number of rotatable bonds is 6. The molecule has 0 saturated carbocycles. The third kappa shape index (κ3) is 4.32. The molecular weight excluding hydrogens is 257 g/mol. The number of pyridine rings is 1. The predicted molar refractivity (Wildman–Crippen MR) is 67.1 cm³/mol. The highest BCUT2D eigenvalue weighted by Gasteiger charge is 2.22. The van der Waals surface area contributed by atoms with Crippen molar-refractivity contribution in [2.24, 2.45) is 0 Å². The molecule has 0 fully saturated rings. The lowest BCUT2D eigenvalue weighted by Crippen LogP contribution is -2.35. The van der Waals surface area contributed by atoms with E-state index in [2.05, 4.69) is 9.71 Å². The predicted octanol–water partition coefficient (Wildman–Crippen LogP) is 0.839. The number of hydrogen-bond donors (Lipinski definition) is 1. The number of nitrogens with zero attached hydrogens (tertiary/aromatic N) is 2. The summed E-state index contributed by atoms with van der Waals surface area (Å²) < 4.78 is 39.5. The molecule has 0 aliphatic rings. The van der Waals surface area contributed by atoms with Crippen LogP contribution in [0.2, 0.25) is 0 Å². The van der Waals surface area contributed by atoms with Gasteiger partial charge in [0.1, 0.15) is 0 Å². The number of halogens is 1. The summed E-state index contributed by atoms with van der Waals surface area (Å²) in [5, 5.41) is -0.554. The maximum Gasteiger partial charge on any atom is 0.261 e. The van der Waals surface area contributed by atoms with Gasteiger partial charge >= 0.3 is 0 Å². The molecule has 0 spiro atoms. The third-order valence-corrected chi connectivity index (χ3v) is 3.87. The van der Waals surface area contributed by atoms with Gasteiger partial charge in [0.15, 0.2) is 5.82 Å². The molecule has 102 valence electrons. The summed E-state index contributed by atoms with van der Waals surface area (Å²) in [5.74, 6) is -0.843. The minimum Gasteiger partial charge on any atom is -0.309 e. The summed E-state index contributed by atoms with van der Waals surface area (Å²) in [6, 6.07) is 2.15. The maximum absolute atomic E-state index is 13.4. The Balaban J connectivity index is 2.74. The van der Waals surface area contributed by atoms with Gasteiger partial charge in [-0.1, -0.05) is 0 Å². The molecule has 1 heterocycles. The second-order valence-electron chi connectivity index (χ2n) is 4.40. The van der Waals surface area contributed by atoms with Crippen molar-refractivity contribution in [3.8, 4) is 0 Å². The zero-order chi connectivity index (χ0) is 13.8. The summed E-state index contributed by atoms with van der Waals surface area (Å²) in [4.78, 5) is 5.51. The molecule has 18 heavy (non-hydrogen) atoms. The molecule has 5 nitrogen and oxygen atoms in total. The quantitative estimate of drug-likeness (QED) is 0.835. The summed E-state index contributed by atoms with van der Waals surface area (Å²) in [5.41, 5.74) is 0. The normalized spacial score (nSPS) is 13.8. The number of sulfonamides is 1. The fourth-order valence-electron chi connectivity index (χ4n) is 1.40. The van der Waals surface area contributed by atoms with Crippen molar-refractivity contribution in [1.29, 1.82) is 0 Å². The Hall–Kier alpha value is -1.05. The van der Waals surface area contributed by atoms with Crippen molar-refractivity contribution < 1.29 is 12.8 Å². The highest BCUT2D eigenvalue weighted by atomic mass is 32.2. The zero-order valence-electron chi connectivity index (χ0n) is 10.7. The Kier molecular flexibility index (Phi) is 5.18. The van der Waals surface area contributed by atoms with E-state index >= 15 is 0 Å². The highest BCUT2D eigenvalue weighted by Crippen LogP contribution is 2.10. The van der Waals surface area contributed by atoms with Gasteiger partial charge in [0.05, 0.1) is 0 Å². The van der Waals surface area contributed by atoms with Crippen LogP contribution in [0, 0.1) is 5.82 Å². The van der Waals surface area contributed by atoms with Crippen molar-refractivity contribution in [3.63, 3.8) is 0 Å². The Morgan fingerprint density at radius 3 is 2.72 bits per heavy atom. The fraction of sp³-hybridized carbons (Fsp3) is 0.545. The van der Waals surface area contributed by atoms with Crippen LogP contribution >= 0.6 is 0 Å². The van der Waals surface area contributed by atoms with Crippen LogP contribution in [0.15, 0.2) is 23.4 Å². The largest absolute Gasteiger partial charge is 0.309 e. The van der Waals surface area contributed by atoms with E-state index in [1.54, 1.807) is 6.92 Å². The van der Waals surface area contributed by atoms with E-state index in [0.717, 1.165) is 12.6 Å². The minimum absolute atomic E-state index is 0.279. The van der Waals surface area contributed by atoms with E-state index in [0.29, 0.717) is 6.42 Å².